The third-order valence-corrected chi connectivity index (χ3v) is 4.13. The molecule has 0 amide bonds. The van der Waals surface area contributed by atoms with E-state index in [0.29, 0.717) is 0 Å². The lowest BCUT2D eigenvalue weighted by atomic mass is 10.2. The Hall–Kier alpha value is -1.33. The van der Waals surface area contributed by atoms with Gasteiger partial charge < -0.3 is 10.6 Å². The maximum absolute atomic E-state index is 5.94. The number of aromatic nitrogens is 2. The molecule has 0 radical (unpaired) electrons. The fourth-order valence-corrected chi connectivity index (χ4v) is 2.94. The summed E-state index contributed by atoms with van der Waals surface area (Å²) < 4.78 is 0.811. The van der Waals surface area contributed by atoms with Crippen LogP contribution in [0, 0.1) is 0 Å². The molecule has 2 heterocycles. The zero-order chi connectivity index (χ0) is 14.4. The van der Waals surface area contributed by atoms with Crippen molar-refractivity contribution in [1.29, 1.82) is 0 Å². The molecule has 2 aromatic heterocycles. The van der Waals surface area contributed by atoms with Crippen molar-refractivity contribution < 1.29 is 0 Å². The van der Waals surface area contributed by atoms with E-state index in [-0.39, 0.29) is 0 Å². The summed E-state index contributed by atoms with van der Waals surface area (Å²) in [4.78, 5) is 9.87. The van der Waals surface area contributed by atoms with E-state index in [1.54, 1.807) is 17.7 Å². The van der Waals surface area contributed by atoms with Gasteiger partial charge in [0.2, 0.25) is 0 Å². The highest BCUT2D eigenvalue weighted by Gasteiger charge is 2.09. The smallest absolute Gasteiger partial charge is 0.135 e. The van der Waals surface area contributed by atoms with Gasteiger partial charge in [-0.15, -0.1) is 11.3 Å². The Morgan fingerprint density at radius 3 is 2.50 bits per heavy atom. The maximum atomic E-state index is 5.94. The summed E-state index contributed by atoms with van der Waals surface area (Å²) >= 11 is 7.52. The van der Waals surface area contributed by atoms with Crippen LogP contribution in [0.25, 0.3) is 0 Å². The summed E-state index contributed by atoms with van der Waals surface area (Å²) in [6.07, 6.45) is 3.56. The quantitative estimate of drug-likeness (QED) is 0.805. The first kappa shape index (κ1) is 15.1. The van der Waals surface area contributed by atoms with Crippen molar-refractivity contribution in [2.24, 2.45) is 0 Å². The minimum atomic E-state index is 0.731. The van der Waals surface area contributed by atoms with Crippen LogP contribution in [0.1, 0.15) is 30.7 Å². The Morgan fingerprint density at radius 2 is 1.90 bits per heavy atom. The molecule has 6 heteroatoms. The first-order valence-electron chi connectivity index (χ1n) is 6.80. The summed E-state index contributed by atoms with van der Waals surface area (Å²) in [7, 11) is 0. The molecule has 0 fully saturated rings. The maximum Gasteiger partial charge on any atom is 0.135 e. The predicted octanol–water partition coefficient (Wildman–Crippen LogP) is 4.19. The second kappa shape index (κ2) is 7.45. The van der Waals surface area contributed by atoms with Crippen LogP contribution in [-0.4, -0.2) is 16.5 Å². The van der Waals surface area contributed by atoms with Gasteiger partial charge >= 0.3 is 0 Å². The van der Waals surface area contributed by atoms with Crippen molar-refractivity contribution in [2.75, 3.05) is 17.2 Å². The normalized spacial score (nSPS) is 10.6. The van der Waals surface area contributed by atoms with E-state index < -0.39 is 0 Å². The van der Waals surface area contributed by atoms with Crippen LogP contribution < -0.4 is 10.6 Å². The van der Waals surface area contributed by atoms with Crippen molar-refractivity contribution in [1.82, 2.24) is 9.97 Å². The SMILES string of the molecule is CCCNc1ncnc(NCc2ccc(Cl)s2)c1CC. The van der Waals surface area contributed by atoms with Crippen LogP contribution in [-0.2, 0) is 13.0 Å². The average Bonchev–Trinajstić information content (AvgIpc) is 2.88. The van der Waals surface area contributed by atoms with Gasteiger partial charge in [0, 0.05) is 17.0 Å². The Morgan fingerprint density at radius 1 is 1.15 bits per heavy atom. The van der Waals surface area contributed by atoms with Crippen molar-refractivity contribution >= 4 is 34.6 Å². The lowest BCUT2D eigenvalue weighted by Crippen LogP contribution is -2.10. The predicted molar refractivity (Wildman–Crippen MR) is 86.8 cm³/mol. The van der Waals surface area contributed by atoms with Crippen LogP contribution in [0.15, 0.2) is 18.5 Å². The zero-order valence-electron chi connectivity index (χ0n) is 11.7. The lowest BCUT2D eigenvalue weighted by Gasteiger charge is -2.13. The molecular formula is C14H19ClN4S. The molecule has 0 atom stereocenters. The van der Waals surface area contributed by atoms with Gasteiger partial charge in [-0.1, -0.05) is 25.4 Å². The molecule has 0 saturated carbocycles. The Labute approximate surface area is 128 Å². The number of nitrogens with one attached hydrogen (secondary N) is 2. The first-order chi connectivity index (χ1) is 9.74. The van der Waals surface area contributed by atoms with Gasteiger partial charge in [-0.25, -0.2) is 9.97 Å². The molecule has 0 spiro atoms. The highest BCUT2D eigenvalue weighted by molar-refractivity contribution is 7.16. The van der Waals surface area contributed by atoms with Gasteiger partial charge in [-0.3, -0.25) is 0 Å². The third-order valence-electron chi connectivity index (χ3n) is 2.90. The van der Waals surface area contributed by atoms with Crippen molar-refractivity contribution in [3.8, 4) is 0 Å². The summed E-state index contributed by atoms with van der Waals surface area (Å²) in [6.45, 7) is 5.90. The number of rotatable bonds is 7. The van der Waals surface area contributed by atoms with Crippen LogP contribution in [0.4, 0.5) is 11.6 Å². The van der Waals surface area contributed by atoms with Gasteiger partial charge in [0.25, 0.3) is 0 Å². The minimum Gasteiger partial charge on any atom is -0.370 e. The monoisotopic (exact) mass is 310 g/mol. The van der Waals surface area contributed by atoms with Gasteiger partial charge in [-0.05, 0) is 25.0 Å². The summed E-state index contributed by atoms with van der Waals surface area (Å²) in [5.41, 5.74) is 1.13. The number of halogens is 1. The number of hydrogen-bond acceptors (Lipinski definition) is 5. The van der Waals surface area contributed by atoms with Crippen molar-refractivity contribution in [3.05, 3.63) is 33.2 Å². The van der Waals surface area contributed by atoms with Crippen LogP contribution in [0.2, 0.25) is 4.34 Å². The van der Waals surface area contributed by atoms with Crippen molar-refractivity contribution in [2.45, 2.75) is 33.2 Å². The van der Waals surface area contributed by atoms with E-state index in [0.717, 1.165) is 47.5 Å². The Bertz CT molecular complexity index is 556. The van der Waals surface area contributed by atoms with E-state index in [1.807, 2.05) is 12.1 Å². The largest absolute Gasteiger partial charge is 0.370 e. The van der Waals surface area contributed by atoms with E-state index in [9.17, 15) is 0 Å². The van der Waals surface area contributed by atoms with E-state index in [4.69, 9.17) is 11.6 Å². The number of nitrogens with zero attached hydrogens (tertiary/aromatic N) is 2. The molecule has 2 N–H and O–H groups in total. The topological polar surface area (TPSA) is 49.8 Å². The highest BCUT2D eigenvalue weighted by Crippen LogP contribution is 2.24. The summed E-state index contributed by atoms with van der Waals surface area (Å²) in [5, 5.41) is 6.72. The molecule has 108 valence electrons. The first-order valence-corrected chi connectivity index (χ1v) is 7.99. The standard InChI is InChI=1S/C14H19ClN4S/c1-3-7-16-13-11(4-2)14(19-9-18-13)17-8-10-5-6-12(15)20-10/h5-6,9H,3-4,7-8H2,1-2H3,(H2,16,17,18,19). The van der Waals surface area contributed by atoms with E-state index in [1.165, 1.54) is 4.88 Å². The molecule has 2 aromatic rings. The highest BCUT2D eigenvalue weighted by atomic mass is 35.5. The number of anilines is 2. The van der Waals surface area contributed by atoms with E-state index in [2.05, 4.69) is 34.4 Å². The second-order valence-electron chi connectivity index (χ2n) is 4.39. The molecule has 2 rings (SSSR count). The molecule has 0 aliphatic carbocycles. The third kappa shape index (κ3) is 3.84. The second-order valence-corrected chi connectivity index (χ2v) is 6.19. The Balaban J connectivity index is 2.10. The fraction of sp³-hybridized carbons (Fsp3) is 0.429. The van der Waals surface area contributed by atoms with Gasteiger partial charge in [-0.2, -0.15) is 0 Å². The molecule has 4 nitrogen and oxygen atoms in total. The molecule has 20 heavy (non-hydrogen) atoms. The summed E-state index contributed by atoms with van der Waals surface area (Å²) in [6, 6.07) is 3.95. The molecule has 0 unspecified atom stereocenters. The zero-order valence-corrected chi connectivity index (χ0v) is 13.3. The van der Waals surface area contributed by atoms with Gasteiger partial charge in [0.1, 0.15) is 18.0 Å². The lowest BCUT2D eigenvalue weighted by molar-refractivity contribution is 0.945. The summed E-state index contributed by atoms with van der Waals surface area (Å²) in [5.74, 6) is 1.82. The van der Waals surface area contributed by atoms with Crippen LogP contribution in [0.5, 0.6) is 0 Å². The molecule has 0 aliphatic rings. The van der Waals surface area contributed by atoms with Crippen LogP contribution >= 0.6 is 22.9 Å². The number of thiophene rings is 1. The molecule has 0 aliphatic heterocycles. The number of hydrogen-bond donors (Lipinski definition) is 2. The minimum absolute atomic E-state index is 0.731. The Kier molecular flexibility index (Phi) is 5.61. The van der Waals surface area contributed by atoms with Gasteiger partial charge in [0.15, 0.2) is 0 Å². The molecule has 0 bridgehead atoms. The molecule has 0 saturated heterocycles. The van der Waals surface area contributed by atoms with Gasteiger partial charge in [0.05, 0.1) is 10.9 Å². The fourth-order valence-electron chi connectivity index (χ4n) is 1.91. The van der Waals surface area contributed by atoms with Crippen LogP contribution in [0.3, 0.4) is 0 Å². The van der Waals surface area contributed by atoms with Crippen molar-refractivity contribution in [3.63, 3.8) is 0 Å². The van der Waals surface area contributed by atoms with E-state index >= 15 is 0 Å². The molecular weight excluding hydrogens is 292 g/mol. The average molecular weight is 311 g/mol. The molecule has 0 aromatic carbocycles.